The zero-order valence-electron chi connectivity index (χ0n) is 14.5. The highest BCUT2D eigenvalue weighted by Crippen LogP contribution is 2.17. The summed E-state index contributed by atoms with van der Waals surface area (Å²) in [5.41, 5.74) is 0. The molecule has 0 spiro atoms. The van der Waals surface area contributed by atoms with Gasteiger partial charge in [0, 0.05) is 23.7 Å². The summed E-state index contributed by atoms with van der Waals surface area (Å²) in [5, 5.41) is 9.51. The average molecular weight is 387 g/mol. The van der Waals surface area contributed by atoms with Gasteiger partial charge in [-0.3, -0.25) is 4.79 Å². The van der Waals surface area contributed by atoms with Crippen molar-refractivity contribution < 1.29 is 14.6 Å². The Morgan fingerprint density at radius 3 is 2.39 bits per heavy atom. The Balaban J connectivity index is 3.46. The summed E-state index contributed by atoms with van der Waals surface area (Å²) < 4.78 is 5.48. The number of allylic oxidation sites excluding steroid dienone is 6. The predicted octanol–water partition coefficient (Wildman–Crippen LogP) is 6.36. The molecule has 0 aliphatic rings. The van der Waals surface area contributed by atoms with Crippen molar-refractivity contribution in [3.05, 3.63) is 34.5 Å². The second-order valence-electron chi connectivity index (χ2n) is 5.47. The highest BCUT2D eigenvalue weighted by molar-refractivity contribution is 9.11. The number of unbranched alkanes of at least 4 members (excludes halogenated alkanes) is 5. The molecule has 0 amide bonds. The number of halogens is 1. The van der Waals surface area contributed by atoms with E-state index >= 15 is 0 Å². The number of ether oxygens (including phenoxy) is 1. The van der Waals surface area contributed by atoms with Crippen molar-refractivity contribution in [2.45, 2.75) is 71.1 Å². The van der Waals surface area contributed by atoms with Crippen molar-refractivity contribution in [1.29, 1.82) is 0 Å². The molecule has 0 heterocycles. The Morgan fingerprint density at radius 1 is 1.04 bits per heavy atom. The van der Waals surface area contributed by atoms with Gasteiger partial charge in [0.1, 0.15) is 5.76 Å². The maximum atomic E-state index is 10.9. The molecule has 0 unspecified atom stereocenters. The first kappa shape index (κ1) is 22.0. The van der Waals surface area contributed by atoms with Crippen molar-refractivity contribution in [2.75, 3.05) is 7.11 Å². The third kappa shape index (κ3) is 14.3. The molecule has 132 valence electrons. The van der Waals surface area contributed by atoms with E-state index in [1.165, 1.54) is 26.4 Å². The van der Waals surface area contributed by atoms with Gasteiger partial charge in [-0.1, -0.05) is 66.4 Å². The fourth-order valence-electron chi connectivity index (χ4n) is 2.05. The summed E-state index contributed by atoms with van der Waals surface area (Å²) in [5.74, 6) is 0.324. The van der Waals surface area contributed by atoms with Crippen LogP contribution in [0.5, 0.6) is 0 Å². The predicted molar refractivity (Wildman–Crippen MR) is 101 cm³/mol. The van der Waals surface area contributed by atoms with Crippen LogP contribution >= 0.6 is 15.9 Å². The van der Waals surface area contributed by atoms with Crippen molar-refractivity contribution in [2.24, 2.45) is 0 Å². The van der Waals surface area contributed by atoms with Crippen LogP contribution in [0.25, 0.3) is 0 Å². The topological polar surface area (TPSA) is 46.5 Å². The number of hydrogen-bond acceptors (Lipinski definition) is 3. The van der Waals surface area contributed by atoms with Gasteiger partial charge in [-0.2, -0.15) is 0 Å². The van der Waals surface area contributed by atoms with E-state index in [1.54, 1.807) is 0 Å². The Kier molecular flexibility index (Phi) is 15.1. The summed E-state index contributed by atoms with van der Waals surface area (Å²) in [6, 6.07) is 0. The van der Waals surface area contributed by atoms with E-state index in [-0.39, 0.29) is 5.97 Å². The van der Waals surface area contributed by atoms with Gasteiger partial charge < -0.3 is 9.84 Å². The molecule has 1 N–H and O–H groups in total. The Hall–Kier alpha value is -1.03. The van der Waals surface area contributed by atoms with Crippen molar-refractivity contribution in [1.82, 2.24) is 0 Å². The van der Waals surface area contributed by atoms with E-state index in [4.69, 9.17) is 0 Å². The van der Waals surface area contributed by atoms with Crippen LogP contribution in [0.4, 0.5) is 0 Å². The summed E-state index contributed by atoms with van der Waals surface area (Å²) >= 11 is 3.38. The van der Waals surface area contributed by atoms with Gasteiger partial charge in [0.05, 0.1) is 7.11 Å². The first-order chi connectivity index (χ1) is 11.1. The number of carbonyl (C=O) groups excluding carboxylic acids is 1. The number of carbonyl (C=O) groups is 1. The standard InChI is InChI=1S/C19H31BrO3/c1-3-18(21)17(20)15-13-11-9-7-5-4-6-8-10-12-14-16-19(22)23-2/h5,7,11,13,21H,3-4,6,8-10,12,14-16H2,1-2H3/b7-5-,13-11-,18-17-. The highest BCUT2D eigenvalue weighted by atomic mass is 79.9. The number of esters is 1. The zero-order valence-corrected chi connectivity index (χ0v) is 16.1. The molecular weight excluding hydrogens is 356 g/mol. The molecule has 0 atom stereocenters. The molecule has 0 aromatic rings. The molecule has 0 bridgehead atoms. The SMILES string of the molecule is CC/C(O)=C(/Br)C/C=C\C/C=C\CCCCCCCC(=O)OC. The van der Waals surface area contributed by atoms with Gasteiger partial charge >= 0.3 is 5.97 Å². The van der Waals surface area contributed by atoms with Crippen LogP contribution in [0.1, 0.15) is 71.1 Å². The van der Waals surface area contributed by atoms with Gasteiger partial charge in [-0.25, -0.2) is 0 Å². The van der Waals surface area contributed by atoms with E-state index in [0.29, 0.717) is 18.6 Å². The Labute approximate surface area is 149 Å². The van der Waals surface area contributed by atoms with Crippen molar-refractivity contribution in [3.8, 4) is 0 Å². The molecule has 0 fully saturated rings. The minimum atomic E-state index is -0.103. The fourth-order valence-corrected chi connectivity index (χ4v) is 2.52. The summed E-state index contributed by atoms with van der Waals surface area (Å²) in [4.78, 5) is 10.9. The van der Waals surface area contributed by atoms with Gasteiger partial charge in [0.15, 0.2) is 0 Å². The van der Waals surface area contributed by atoms with Gasteiger partial charge in [-0.15, -0.1) is 0 Å². The minimum Gasteiger partial charge on any atom is -0.511 e. The number of aliphatic hydroxyl groups is 1. The van der Waals surface area contributed by atoms with Crippen LogP contribution in [-0.4, -0.2) is 18.2 Å². The third-order valence-corrected chi connectivity index (χ3v) is 4.31. The molecule has 0 radical (unpaired) electrons. The number of methoxy groups -OCH3 is 1. The molecule has 0 aliphatic carbocycles. The molecule has 0 aromatic heterocycles. The Morgan fingerprint density at radius 2 is 1.70 bits per heavy atom. The van der Waals surface area contributed by atoms with Crippen LogP contribution in [0.3, 0.4) is 0 Å². The molecule has 0 rings (SSSR count). The molecule has 23 heavy (non-hydrogen) atoms. The van der Waals surface area contributed by atoms with E-state index in [1.807, 2.05) is 6.92 Å². The van der Waals surface area contributed by atoms with Gasteiger partial charge in [0.2, 0.25) is 0 Å². The normalized spacial score (nSPS) is 12.8. The monoisotopic (exact) mass is 386 g/mol. The summed E-state index contributed by atoms with van der Waals surface area (Å²) in [6.45, 7) is 1.93. The van der Waals surface area contributed by atoms with Crippen molar-refractivity contribution >= 4 is 21.9 Å². The van der Waals surface area contributed by atoms with Crippen LogP contribution in [0.2, 0.25) is 0 Å². The molecule has 0 saturated carbocycles. The quantitative estimate of drug-likeness (QED) is 0.173. The first-order valence-electron chi connectivity index (χ1n) is 8.55. The third-order valence-electron chi connectivity index (χ3n) is 3.53. The molecule has 3 nitrogen and oxygen atoms in total. The second kappa shape index (κ2) is 15.9. The van der Waals surface area contributed by atoms with E-state index < -0.39 is 0 Å². The number of hydrogen-bond donors (Lipinski definition) is 1. The van der Waals surface area contributed by atoms with Crippen molar-refractivity contribution in [3.63, 3.8) is 0 Å². The van der Waals surface area contributed by atoms with E-state index in [9.17, 15) is 9.90 Å². The van der Waals surface area contributed by atoms with Crippen LogP contribution in [0.15, 0.2) is 34.5 Å². The minimum absolute atomic E-state index is 0.103. The van der Waals surface area contributed by atoms with Gasteiger partial charge in [0.25, 0.3) is 0 Å². The fraction of sp³-hybridized carbons (Fsp3) is 0.632. The molecular formula is C19H31BrO3. The lowest BCUT2D eigenvalue weighted by atomic mass is 10.1. The number of aliphatic hydroxyl groups excluding tert-OH is 1. The lowest BCUT2D eigenvalue weighted by Crippen LogP contribution is -1.98. The number of rotatable bonds is 13. The smallest absolute Gasteiger partial charge is 0.305 e. The zero-order chi connectivity index (χ0) is 17.3. The molecule has 0 aromatic carbocycles. The molecule has 0 saturated heterocycles. The summed E-state index contributed by atoms with van der Waals surface area (Å²) in [6.07, 6.45) is 18.3. The van der Waals surface area contributed by atoms with Crippen LogP contribution in [0, 0.1) is 0 Å². The lowest BCUT2D eigenvalue weighted by molar-refractivity contribution is -0.140. The largest absolute Gasteiger partial charge is 0.511 e. The maximum absolute atomic E-state index is 10.9. The molecule has 4 heteroatoms. The van der Waals surface area contributed by atoms with E-state index in [0.717, 1.165) is 36.6 Å². The highest BCUT2D eigenvalue weighted by Gasteiger charge is 1.98. The Bertz CT molecular complexity index is 397. The van der Waals surface area contributed by atoms with Crippen LogP contribution < -0.4 is 0 Å². The lowest BCUT2D eigenvalue weighted by Gasteiger charge is -2.00. The molecule has 0 aliphatic heterocycles. The van der Waals surface area contributed by atoms with Crippen LogP contribution in [-0.2, 0) is 9.53 Å². The first-order valence-corrected chi connectivity index (χ1v) is 9.34. The van der Waals surface area contributed by atoms with Gasteiger partial charge in [-0.05, 0) is 25.7 Å². The average Bonchev–Trinajstić information content (AvgIpc) is 2.57. The maximum Gasteiger partial charge on any atom is 0.305 e. The second-order valence-corrected chi connectivity index (χ2v) is 6.43. The summed E-state index contributed by atoms with van der Waals surface area (Å²) in [7, 11) is 1.44. The van der Waals surface area contributed by atoms with E-state index in [2.05, 4.69) is 45.0 Å².